The van der Waals surface area contributed by atoms with Gasteiger partial charge in [-0.15, -0.1) is 11.8 Å². The van der Waals surface area contributed by atoms with E-state index in [1.165, 1.54) is 17.8 Å². The third kappa shape index (κ3) is 8.79. The van der Waals surface area contributed by atoms with E-state index in [9.17, 15) is 24.6 Å². The van der Waals surface area contributed by atoms with Crippen LogP contribution in [-0.2, 0) is 32.2 Å². The first-order chi connectivity index (χ1) is 22.3. The number of thioether (sulfide) groups is 1. The van der Waals surface area contributed by atoms with Gasteiger partial charge in [0.2, 0.25) is 5.91 Å². The quantitative estimate of drug-likeness (QED) is 0.132. The number of carbonyl (C=O) groups excluding carboxylic acids is 1. The van der Waals surface area contributed by atoms with Gasteiger partial charge in [0.25, 0.3) is 0 Å². The van der Waals surface area contributed by atoms with Crippen LogP contribution in [0.1, 0.15) is 64.3 Å². The summed E-state index contributed by atoms with van der Waals surface area (Å²) in [6.07, 6.45) is 0.515. The highest BCUT2D eigenvalue weighted by molar-refractivity contribution is 7.99. The highest BCUT2D eigenvalue weighted by Gasteiger charge is 2.33. The zero-order valence-corrected chi connectivity index (χ0v) is 25.7. The molecule has 46 heavy (non-hydrogen) atoms. The lowest BCUT2D eigenvalue weighted by Crippen LogP contribution is -2.31. The normalized spacial score (nSPS) is 17.7. The summed E-state index contributed by atoms with van der Waals surface area (Å²) in [4.78, 5) is 38.8. The number of carboxylic acid groups (broad SMARTS) is 2. The van der Waals surface area contributed by atoms with E-state index in [0.29, 0.717) is 17.2 Å². The number of aromatic nitrogens is 1. The molecule has 1 saturated heterocycles. The van der Waals surface area contributed by atoms with Crippen LogP contribution in [0.15, 0.2) is 96.2 Å². The molecule has 0 radical (unpaired) electrons. The van der Waals surface area contributed by atoms with Crippen LogP contribution in [0.4, 0.5) is 0 Å². The minimum Gasteiger partial charge on any atom is -0.481 e. The first-order valence-electron chi connectivity index (χ1n) is 14.8. The van der Waals surface area contributed by atoms with E-state index in [-0.39, 0.29) is 49.7 Å². The molecule has 11 heteroatoms. The van der Waals surface area contributed by atoms with Crippen LogP contribution in [0.25, 0.3) is 11.1 Å². The summed E-state index contributed by atoms with van der Waals surface area (Å²) in [6.45, 7) is 0.217. The third-order valence-electron chi connectivity index (χ3n) is 7.50. The second-order valence-electron chi connectivity index (χ2n) is 10.8. The summed E-state index contributed by atoms with van der Waals surface area (Å²) < 4.78 is 13.0. The van der Waals surface area contributed by atoms with Crippen molar-refractivity contribution >= 4 is 29.6 Å². The van der Waals surface area contributed by atoms with Crippen LogP contribution in [0.2, 0.25) is 0 Å². The smallest absolute Gasteiger partial charge is 0.338 e. The Kier molecular flexibility index (Phi) is 11.2. The van der Waals surface area contributed by atoms with Crippen molar-refractivity contribution in [2.24, 2.45) is 0 Å². The van der Waals surface area contributed by atoms with Crippen LogP contribution in [0.3, 0.4) is 0 Å². The van der Waals surface area contributed by atoms with E-state index in [2.05, 4.69) is 10.3 Å². The lowest BCUT2D eigenvalue weighted by molar-refractivity contribution is -0.245. The molecular formula is C35H34N2O8S. The lowest BCUT2D eigenvalue weighted by Gasteiger charge is -2.36. The Morgan fingerprint density at radius 1 is 0.848 bits per heavy atom. The van der Waals surface area contributed by atoms with Gasteiger partial charge in [-0.3, -0.25) is 9.59 Å². The average Bonchev–Trinajstić information content (AvgIpc) is 3.09. The lowest BCUT2D eigenvalue weighted by atomic mass is 9.99. The summed E-state index contributed by atoms with van der Waals surface area (Å²) >= 11 is 1.33. The van der Waals surface area contributed by atoms with E-state index in [1.807, 2.05) is 72.8 Å². The second kappa shape index (κ2) is 15.6. The van der Waals surface area contributed by atoms with E-state index in [1.54, 1.807) is 12.3 Å². The highest BCUT2D eigenvalue weighted by Crippen LogP contribution is 2.40. The second-order valence-corrected chi connectivity index (χ2v) is 11.8. The summed E-state index contributed by atoms with van der Waals surface area (Å²) in [5.74, 6) is -1.91. The summed E-state index contributed by atoms with van der Waals surface area (Å²) in [5, 5.41) is 31.1. The SMILES string of the molecule is O=C(O)CCC(=O)NCc1cccc(-c2cccc([C@@H]3O[C@H](CSc4ncccc4C(=O)O)C[C@H](c4ccc(CO)cc4)O3)c2)c1. The first-order valence-corrected chi connectivity index (χ1v) is 15.8. The number of carbonyl (C=O) groups is 3. The van der Waals surface area contributed by atoms with Gasteiger partial charge in [0.05, 0.1) is 30.8 Å². The monoisotopic (exact) mass is 642 g/mol. The maximum Gasteiger partial charge on any atom is 0.338 e. The first kappa shape index (κ1) is 32.8. The van der Waals surface area contributed by atoms with Gasteiger partial charge < -0.3 is 30.1 Å². The van der Waals surface area contributed by atoms with Crippen molar-refractivity contribution in [2.75, 3.05) is 5.75 Å². The van der Waals surface area contributed by atoms with Gasteiger partial charge in [0.15, 0.2) is 6.29 Å². The van der Waals surface area contributed by atoms with Crippen LogP contribution >= 0.6 is 11.8 Å². The topological polar surface area (TPSA) is 155 Å². The number of aromatic carboxylic acids is 1. The van der Waals surface area contributed by atoms with Gasteiger partial charge in [0, 0.05) is 36.9 Å². The standard InChI is InChI=1S/C35H34N2O8S/c38-20-22-9-11-24(12-10-22)30-18-28(21-46-33-29(34(42)43)8-3-15-36-33)44-35(45-30)27-7-2-6-26(17-27)25-5-1-4-23(16-25)19-37-31(39)13-14-32(40)41/h1-12,15-17,28,30,35,38H,13-14,18-21H2,(H,37,39)(H,40,41)(H,42,43)/t28-,30+,35+/m0/s1. The molecule has 0 saturated carbocycles. The Morgan fingerprint density at radius 3 is 2.35 bits per heavy atom. The fourth-order valence-corrected chi connectivity index (χ4v) is 6.10. The van der Waals surface area contributed by atoms with Crippen molar-refractivity contribution in [3.05, 3.63) is 119 Å². The zero-order chi connectivity index (χ0) is 32.5. The molecule has 3 aromatic carbocycles. The molecule has 0 spiro atoms. The maximum atomic E-state index is 12.0. The van der Waals surface area contributed by atoms with Crippen LogP contribution in [0.5, 0.6) is 0 Å². The van der Waals surface area contributed by atoms with Crippen molar-refractivity contribution in [3.63, 3.8) is 0 Å². The molecule has 0 bridgehead atoms. The average molecular weight is 643 g/mol. The molecule has 0 unspecified atom stereocenters. The maximum absolute atomic E-state index is 12.0. The Hall–Kier alpha value is -4.55. The number of carboxylic acids is 2. The number of nitrogens with one attached hydrogen (secondary N) is 1. The summed E-state index contributed by atoms with van der Waals surface area (Å²) in [6, 6.07) is 26.3. The highest BCUT2D eigenvalue weighted by atomic mass is 32.2. The van der Waals surface area contributed by atoms with Gasteiger partial charge in [-0.1, -0.05) is 60.7 Å². The number of aliphatic carboxylic acids is 1. The van der Waals surface area contributed by atoms with Crippen molar-refractivity contribution in [1.29, 1.82) is 0 Å². The molecule has 5 rings (SSSR count). The minimum atomic E-state index is -1.04. The van der Waals surface area contributed by atoms with Crippen LogP contribution in [-0.4, -0.2) is 50.0 Å². The molecule has 1 aromatic heterocycles. The van der Waals surface area contributed by atoms with Crippen molar-refractivity contribution in [3.8, 4) is 11.1 Å². The molecule has 1 aliphatic rings. The number of ether oxygens (including phenoxy) is 2. The molecule has 0 aliphatic carbocycles. The van der Waals surface area contributed by atoms with Crippen LogP contribution < -0.4 is 5.32 Å². The molecule has 4 aromatic rings. The molecule has 1 fully saturated rings. The van der Waals surface area contributed by atoms with E-state index in [0.717, 1.165) is 33.4 Å². The molecule has 1 amide bonds. The number of hydrogen-bond acceptors (Lipinski definition) is 8. The Morgan fingerprint density at radius 2 is 1.61 bits per heavy atom. The fourth-order valence-electron chi connectivity index (χ4n) is 5.10. The zero-order valence-electron chi connectivity index (χ0n) is 24.9. The van der Waals surface area contributed by atoms with Crippen LogP contribution in [0, 0.1) is 0 Å². The number of aliphatic hydroxyl groups is 1. The number of aliphatic hydroxyl groups excluding tert-OH is 1. The van der Waals surface area contributed by atoms with E-state index in [4.69, 9.17) is 14.6 Å². The Labute approximate surface area is 270 Å². The van der Waals surface area contributed by atoms with Gasteiger partial charge in [-0.25, -0.2) is 9.78 Å². The molecule has 3 atom stereocenters. The number of hydrogen-bond donors (Lipinski definition) is 4. The number of nitrogens with zero attached hydrogens (tertiary/aromatic N) is 1. The molecule has 4 N–H and O–H groups in total. The number of benzene rings is 3. The van der Waals surface area contributed by atoms with Gasteiger partial charge in [-0.05, 0) is 52.1 Å². The summed E-state index contributed by atoms with van der Waals surface area (Å²) in [5.41, 5.74) is 5.40. The van der Waals surface area contributed by atoms with Gasteiger partial charge in [-0.2, -0.15) is 0 Å². The van der Waals surface area contributed by atoms with E-state index >= 15 is 0 Å². The summed E-state index contributed by atoms with van der Waals surface area (Å²) in [7, 11) is 0. The predicted molar refractivity (Wildman–Crippen MR) is 171 cm³/mol. The van der Waals surface area contributed by atoms with Crippen molar-refractivity contribution in [2.45, 2.75) is 55.9 Å². The van der Waals surface area contributed by atoms with Gasteiger partial charge >= 0.3 is 11.9 Å². The molecule has 1 aliphatic heterocycles. The minimum absolute atomic E-state index is 0.0577. The molecule has 238 valence electrons. The van der Waals surface area contributed by atoms with E-state index < -0.39 is 18.2 Å². The number of rotatable bonds is 13. The number of pyridine rings is 1. The molecule has 10 nitrogen and oxygen atoms in total. The predicted octanol–water partition coefficient (Wildman–Crippen LogP) is 5.76. The number of amides is 1. The third-order valence-corrected chi connectivity index (χ3v) is 8.63. The van der Waals surface area contributed by atoms with Crippen molar-refractivity contribution < 1.29 is 39.2 Å². The van der Waals surface area contributed by atoms with Gasteiger partial charge in [0.1, 0.15) is 5.03 Å². The molecule has 2 heterocycles. The Balaban J connectivity index is 1.35. The fraction of sp³-hybridized carbons (Fsp3) is 0.257. The Bertz CT molecular complexity index is 1680. The molecular weight excluding hydrogens is 608 g/mol. The largest absolute Gasteiger partial charge is 0.481 e. The van der Waals surface area contributed by atoms with Crippen molar-refractivity contribution in [1.82, 2.24) is 10.3 Å².